The molecule has 0 aliphatic heterocycles. The fraction of sp³-hybridized carbons (Fsp3) is 0.933. The molecule has 4 unspecified atom stereocenters. The minimum Gasteiger partial charge on any atom is -0.396 e. The van der Waals surface area contributed by atoms with Crippen LogP contribution in [0.25, 0.3) is 0 Å². The van der Waals surface area contributed by atoms with Crippen molar-refractivity contribution in [3.05, 3.63) is 11.6 Å². The third-order valence-electron chi connectivity index (χ3n) is 13.2. The molecule has 0 aromatic heterocycles. The third-order valence-corrected chi connectivity index (χ3v) is 13.2. The Hall–Kier alpha value is -0.340. The smallest absolute Gasteiger partial charge is 0.0618 e. The lowest BCUT2D eigenvalue weighted by molar-refractivity contribution is -0.215. The van der Waals surface area contributed by atoms with Gasteiger partial charge in [-0.2, -0.15) is 0 Å². The second-order valence-corrected chi connectivity index (χ2v) is 15.1. The van der Waals surface area contributed by atoms with Gasteiger partial charge in [0.25, 0.3) is 0 Å². The Morgan fingerprint density at radius 1 is 0.844 bits per heavy atom. The molecule has 9 atom stereocenters. The van der Waals surface area contributed by atoms with Crippen molar-refractivity contribution in [2.45, 2.75) is 119 Å². The van der Waals surface area contributed by atoms with Crippen molar-refractivity contribution in [3.8, 4) is 0 Å². The SMILES string of the molecule is CC1(C)CC[C@]2(C)CC[C@]3(C)C(=CCC4[C@@]5(C)CCC(O)[C@](C)(CO)C5CC[C@]43C)C2C1. The first-order chi connectivity index (χ1) is 14.8. The molecule has 0 radical (unpaired) electrons. The summed E-state index contributed by atoms with van der Waals surface area (Å²) < 4.78 is 0. The first kappa shape index (κ1) is 23.4. The standard InChI is InChI=1S/C30H50O2/c1-25(2)14-15-26(3)16-17-29(6)20(21(26)18-25)8-9-23-27(4)12-11-24(32)28(5,19-31)22(27)10-13-30(23,29)7/h8,21-24,31-32H,9-19H2,1-7H3/t21?,22?,23?,24?,26-,27+,28-,29-,30-/m1/s1. The van der Waals surface area contributed by atoms with Crippen LogP contribution in [0.4, 0.5) is 0 Å². The van der Waals surface area contributed by atoms with Crippen molar-refractivity contribution in [2.75, 3.05) is 6.61 Å². The Bertz CT molecular complexity index is 814. The van der Waals surface area contributed by atoms with E-state index in [4.69, 9.17) is 0 Å². The number of allylic oxidation sites excluding steroid dienone is 2. The van der Waals surface area contributed by atoms with Gasteiger partial charge in [0.2, 0.25) is 0 Å². The molecule has 0 amide bonds. The molecule has 0 heterocycles. The molecule has 2 N–H and O–H groups in total. The highest BCUT2D eigenvalue weighted by atomic mass is 16.3. The zero-order valence-corrected chi connectivity index (χ0v) is 22.1. The molecule has 32 heavy (non-hydrogen) atoms. The van der Waals surface area contributed by atoms with Gasteiger partial charge in [-0.05, 0) is 109 Å². The molecule has 5 aliphatic carbocycles. The summed E-state index contributed by atoms with van der Waals surface area (Å²) in [5.74, 6) is 1.83. The van der Waals surface area contributed by atoms with Crippen molar-refractivity contribution in [2.24, 2.45) is 50.2 Å². The number of aliphatic hydroxyl groups excluding tert-OH is 2. The van der Waals surface area contributed by atoms with Crippen LogP contribution in [0.15, 0.2) is 11.6 Å². The van der Waals surface area contributed by atoms with Crippen LogP contribution in [0.5, 0.6) is 0 Å². The van der Waals surface area contributed by atoms with E-state index in [9.17, 15) is 10.2 Å². The average Bonchev–Trinajstić information content (AvgIpc) is 2.73. The topological polar surface area (TPSA) is 40.5 Å². The van der Waals surface area contributed by atoms with E-state index in [0.29, 0.717) is 33.5 Å². The Kier molecular flexibility index (Phi) is 5.02. The van der Waals surface area contributed by atoms with Crippen LogP contribution >= 0.6 is 0 Å². The number of hydrogen-bond donors (Lipinski definition) is 2. The molecule has 5 aliphatic rings. The van der Waals surface area contributed by atoms with Crippen LogP contribution in [0.1, 0.15) is 113 Å². The number of rotatable bonds is 1. The van der Waals surface area contributed by atoms with E-state index >= 15 is 0 Å². The summed E-state index contributed by atoms with van der Waals surface area (Å²) in [4.78, 5) is 0. The lowest BCUT2D eigenvalue weighted by Crippen LogP contribution is -2.65. The highest BCUT2D eigenvalue weighted by Crippen LogP contribution is 2.75. The number of fused-ring (bicyclic) bond motifs is 7. The first-order valence-corrected chi connectivity index (χ1v) is 13.8. The minimum atomic E-state index is -0.361. The van der Waals surface area contributed by atoms with Crippen molar-refractivity contribution in [1.82, 2.24) is 0 Å². The van der Waals surface area contributed by atoms with E-state index in [0.717, 1.165) is 25.2 Å². The molecule has 4 saturated carbocycles. The maximum absolute atomic E-state index is 10.9. The molecule has 4 fully saturated rings. The lowest BCUT2D eigenvalue weighted by atomic mass is 9.33. The van der Waals surface area contributed by atoms with Crippen LogP contribution in [-0.2, 0) is 0 Å². The summed E-state index contributed by atoms with van der Waals surface area (Å²) in [5, 5.41) is 21.3. The van der Waals surface area contributed by atoms with Crippen molar-refractivity contribution in [3.63, 3.8) is 0 Å². The lowest BCUT2D eigenvalue weighted by Gasteiger charge is -2.71. The normalized spacial score (nSPS) is 56.8. The predicted octanol–water partition coefficient (Wildman–Crippen LogP) is 7.14. The van der Waals surface area contributed by atoms with Crippen LogP contribution < -0.4 is 0 Å². The molecule has 0 aromatic rings. The van der Waals surface area contributed by atoms with E-state index < -0.39 is 0 Å². The summed E-state index contributed by atoms with van der Waals surface area (Å²) in [6.07, 6.45) is 14.8. The molecule has 5 rings (SSSR count). The zero-order chi connectivity index (χ0) is 23.4. The zero-order valence-electron chi connectivity index (χ0n) is 22.1. The largest absolute Gasteiger partial charge is 0.396 e. The van der Waals surface area contributed by atoms with Gasteiger partial charge in [-0.15, -0.1) is 0 Å². The second kappa shape index (κ2) is 6.87. The first-order valence-electron chi connectivity index (χ1n) is 13.8. The Labute approximate surface area is 197 Å². The summed E-state index contributed by atoms with van der Waals surface area (Å²) in [5.41, 5.74) is 3.28. The number of aliphatic hydroxyl groups is 2. The van der Waals surface area contributed by atoms with Gasteiger partial charge < -0.3 is 10.2 Å². The molecule has 2 nitrogen and oxygen atoms in total. The van der Waals surface area contributed by atoms with Crippen LogP contribution in [0.2, 0.25) is 0 Å². The van der Waals surface area contributed by atoms with E-state index in [1.807, 2.05) is 5.57 Å². The van der Waals surface area contributed by atoms with Crippen molar-refractivity contribution >= 4 is 0 Å². The van der Waals surface area contributed by atoms with Crippen LogP contribution in [0, 0.1) is 50.2 Å². The van der Waals surface area contributed by atoms with Gasteiger partial charge in [0, 0.05) is 5.41 Å². The Morgan fingerprint density at radius 3 is 2.22 bits per heavy atom. The highest BCUT2D eigenvalue weighted by molar-refractivity contribution is 5.33. The molecule has 0 spiro atoms. The minimum absolute atomic E-state index is 0.117. The second-order valence-electron chi connectivity index (χ2n) is 15.1. The fourth-order valence-electron chi connectivity index (χ4n) is 10.5. The molecule has 2 heteroatoms. The van der Waals surface area contributed by atoms with Gasteiger partial charge in [0.05, 0.1) is 12.7 Å². The third kappa shape index (κ3) is 2.78. The summed E-state index contributed by atoms with van der Waals surface area (Å²) >= 11 is 0. The van der Waals surface area contributed by atoms with Gasteiger partial charge in [-0.1, -0.05) is 60.1 Å². The van der Waals surface area contributed by atoms with E-state index in [-0.39, 0.29) is 23.5 Å². The van der Waals surface area contributed by atoms with E-state index in [1.54, 1.807) is 0 Å². The maximum atomic E-state index is 10.9. The molecular formula is C30H50O2. The van der Waals surface area contributed by atoms with Crippen LogP contribution in [-0.4, -0.2) is 22.9 Å². The number of hydrogen-bond acceptors (Lipinski definition) is 2. The van der Waals surface area contributed by atoms with Gasteiger partial charge in [-0.25, -0.2) is 0 Å². The van der Waals surface area contributed by atoms with Crippen LogP contribution in [0.3, 0.4) is 0 Å². The highest BCUT2D eigenvalue weighted by Gasteiger charge is 2.68. The summed E-state index contributed by atoms with van der Waals surface area (Å²) in [7, 11) is 0. The monoisotopic (exact) mass is 442 g/mol. The predicted molar refractivity (Wildman–Crippen MR) is 132 cm³/mol. The Balaban J connectivity index is 1.57. The summed E-state index contributed by atoms with van der Waals surface area (Å²) in [6, 6.07) is 0. The quantitative estimate of drug-likeness (QED) is 0.424. The maximum Gasteiger partial charge on any atom is 0.0618 e. The van der Waals surface area contributed by atoms with Gasteiger partial charge in [0.15, 0.2) is 0 Å². The molecular weight excluding hydrogens is 392 g/mol. The van der Waals surface area contributed by atoms with Gasteiger partial charge in [-0.3, -0.25) is 0 Å². The van der Waals surface area contributed by atoms with Gasteiger partial charge in [0.1, 0.15) is 0 Å². The molecule has 0 aromatic carbocycles. The van der Waals surface area contributed by atoms with E-state index in [2.05, 4.69) is 54.5 Å². The average molecular weight is 443 g/mol. The van der Waals surface area contributed by atoms with Crippen molar-refractivity contribution < 1.29 is 10.2 Å². The fourth-order valence-corrected chi connectivity index (χ4v) is 10.5. The van der Waals surface area contributed by atoms with E-state index in [1.165, 1.54) is 44.9 Å². The van der Waals surface area contributed by atoms with Gasteiger partial charge >= 0.3 is 0 Å². The summed E-state index contributed by atoms with van der Waals surface area (Å²) in [6.45, 7) is 17.7. The van der Waals surface area contributed by atoms with Crippen molar-refractivity contribution in [1.29, 1.82) is 0 Å². The molecule has 0 saturated heterocycles. The molecule has 0 bridgehead atoms. The Morgan fingerprint density at radius 2 is 1.53 bits per heavy atom. The molecule has 182 valence electrons.